The molecule has 0 aliphatic heterocycles. The van der Waals surface area contributed by atoms with Crippen LogP contribution in [0.5, 0.6) is 0 Å². The molecule has 0 spiro atoms. The summed E-state index contributed by atoms with van der Waals surface area (Å²) in [5.41, 5.74) is -0.112. The van der Waals surface area contributed by atoms with Gasteiger partial charge in [0.25, 0.3) is 6.47 Å². The lowest BCUT2D eigenvalue weighted by Crippen LogP contribution is -2.11. The van der Waals surface area contributed by atoms with E-state index in [4.69, 9.17) is 11.6 Å². The second-order valence-corrected chi connectivity index (χ2v) is 3.19. The van der Waals surface area contributed by atoms with Gasteiger partial charge in [-0.1, -0.05) is 11.6 Å². The van der Waals surface area contributed by atoms with Crippen LogP contribution in [0, 0.1) is 0 Å². The second kappa shape index (κ2) is 5.04. The molecule has 2 atom stereocenters. The van der Waals surface area contributed by atoms with Crippen molar-refractivity contribution in [3.05, 3.63) is 24.3 Å². The third kappa shape index (κ3) is 2.86. The second-order valence-electron chi connectivity index (χ2n) is 2.20. The van der Waals surface area contributed by atoms with Gasteiger partial charge >= 0.3 is 0 Å². The number of thiol groups is 1. The minimum absolute atomic E-state index is 0.282. The molecule has 0 saturated carbocycles. The number of aromatic nitrogens is 2. The fourth-order valence-corrected chi connectivity index (χ4v) is 1.13. The van der Waals surface area contributed by atoms with Crippen LogP contribution in [-0.2, 0) is 9.53 Å². The van der Waals surface area contributed by atoms with Gasteiger partial charge in [0.2, 0.25) is 0 Å². The van der Waals surface area contributed by atoms with Gasteiger partial charge in [0, 0.05) is 18.0 Å². The van der Waals surface area contributed by atoms with E-state index in [2.05, 4.69) is 27.3 Å². The highest BCUT2D eigenvalue weighted by atomic mass is 35.5. The van der Waals surface area contributed by atoms with Crippen molar-refractivity contribution < 1.29 is 9.53 Å². The first-order valence-corrected chi connectivity index (χ1v) is 4.37. The Morgan fingerprint density at radius 3 is 2.69 bits per heavy atom. The molecule has 4 nitrogen and oxygen atoms in total. The summed E-state index contributed by atoms with van der Waals surface area (Å²) in [5, 5.41) is -0.423. The Labute approximate surface area is 85.7 Å². The molecule has 0 amide bonds. The largest absolute Gasteiger partial charge is 0.447 e. The Kier molecular flexibility index (Phi) is 3.98. The number of hydrogen-bond acceptors (Lipinski definition) is 5. The molecular weight excluding hydrogens is 212 g/mol. The molecule has 0 fully saturated rings. The monoisotopic (exact) mass is 218 g/mol. The van der Waals surface area contributed by atoms with E-state index >= 15 is 0 Å². The molecule has 2 unspecified atom stereocenters. The topological polar surface area (TPSA) is 52.1 Å². The average molecular weight is 219 g/mol. The molecule has 0 aliphatic rings. The molecule has 6 heteroatoms. The van der Waals surface area contributed by atoms with Crippen LogP contribution >= 0.6 is 24.2 Å². The number of hydrogen-bond donors (Lipinski definition) is 1. The zero-order valence-electron chi connectivity index (χ0n) is 6.50. The van der Waals surface area contributed by atoms with E-state index in [0.29, 0.717) is 5.56 Å². The summed E-state index contributed by atoms with van der Waals surface area (Å²) in [6.07, 6.45) is 4.52. The summed E-state index contributed by atoms with van der Waals surface area (Å²) in [6.45, 7) is 0.282. The molecule has 0 N–H and O–H groups in total. The Bertz CT molecular complexity index is 272. The van der Waals surface area contributed by atoms with Crippen molar-refractivity contribution in [1.82, 2.24) is 9.97 Å². The van der Waals surface area contributed by atoms with Crippen molar-refractivity contribution in [3.8, 4) is 0 Å². The third-order valence-corrected chi connectivity index (χ3v) is 2.46. The Morgan fingerprint density at radius 2 is 2.15 bits per heavy atom. The number of ether oxygens (including phenoxy) is 1. The molecule has 0 radical (unpaired) electrons. The average Bonchev–Trinajstić information content (AvgIpc) is 2.18. The first-order chi connectivity index (χ1) is 6.25. The van der Waals surface area contributed by atoms with Crippen molar-refractivity contribution >= 4 is 30.7 Å². The molecular formula is C7H7ClN2O2S. The Balaban J connectivity index is 2.67. The highest BCUT2D eigenvalue weighted by Crippen LogP contribution is 2.26. The lowest BCUT2D eigenvalue weighted by molar-refractivity contribution is -0.130. The normalized spacial score (nSPS) is 14.6. The molecule has 1 aromatic rings. The highest BCUT2D eigenvalue weighted by molar-refractivity contribution is 7.80. The molecule has 13 heavy (non-hydrogen) atoms. The van der Waals surface area contributed by atoms with Crippen LogP contribution < -0.4 is 0 Å². The van der Waals surface area contributed by atoms with Gasteiger partial charge in [0.15, 0.2) is 5.56 Å². The smallest absolute Gasteiger partial charge is 0.294 e. The van der Waals surface area contributed by atoms with Gasteiger partial charge in [-0.05, 0) is 0 Å². The fourth-order valence-electron chi connectivity index (χ4n) is 0.742. The van der Waals surface area contributed by atoms with Gasteiger partial charge in [-0.25, -0.2) is 9.97 Å². The van der Waals surface area contributed by atoms with Gasteiger partial charge in [-0.15, -0.1) is 0 Å². The number of carbonyl (C=O) groups excluding carboxylic acids is 1. The number of carbonyl (C=O) groups is 1. The molecule has 70 valence electrons. The van der Waals surface area contributed by atoms with Crippen LogP contribution in [0.2, 0.25) is 0 Å². The van der Waals surface area contributed by atoms with E-state index in [1.54, 1.807) is 12.4 Å². The first kappa shape index (κ1) is 10.3. The number of halogens is 1. The van der Waals surface area contributed by atoms with Gasteiger partial charge in [-0.3, -0.25) is 4.79 Å². The van der Waals surface area contributed by atoms with Crippen molar-refractivity contribution in [2.24, 2.45) is 0 Å². The maximum atomic E-state index is 9.98. The number of alkyl halides is 1. The van der Waals surface area contributed by atoms with Crippen molar-refractivity contribution in [2.75, 3.05) is 0 Å². The summed E-state index contributed by atoms with van der Waals surface area (Å²) in [7, 11) is 0. The predicted octanol–water partition coefficient (Wildman–Crippen LogP) is 1.19. The maximum Gasteiger partial charge on any atom is 0.294 e. The minimum atomic E-state index is -0.813. The van der Waals surface area contributed by atoms with Gasteiger partial charge < -0.3 is 4.74 Å². The molecule has 1 rings (SSSR count). The molecule has 0 saturated heterocycles. The summed E-state index contributed by atoms with van der Waals surface area (Å²) in [5.74, 6) is 0. The number of rotatable bonds is 4. The minimum Gasteiger partial charge on any atom is -0.447 e. The Morgan fingerprint density at radius 1 is 1.54 bits per heavy atom. The van der Waals surface area contributed by atoms with E-state index in [-0.39, 0.29) is 6.47 Å². The SMILES string of the molecule is O=COC(Cl)C(S)c1cncnc1. The quantitative estimate of drug-likeness (QED) is 0.469. The standard InChI is InChI=1S/C7H7ClN2O2S/c8-7(12-4-11)6(13)5-1-9-3-10-2-5/h1-4,6-7,13H. The zero-order valence-corrected chi connectivity index (χ0v) is 8.15. The van der Waals surface area contributed by atoms with E-state index < -0.39 is 10.8 Å². The third-order valence-electron chi connectivity index (χ3n) is 1.36. The van der Waals surface area contributed by atoms with E-state index in [9.17, 15) is 4.79 Å². The predicted molar refractivity (Wildman–Crippen MR) is 50.5 cm³/mol. The fraction of sp³-hybridized carbons (Fsp3) is 0.286. The van der Waals surface area contributed by atoms with Crippen LogP contribution in [0.1, 0.15) is 10.8 Å². The summed E-state index contributed by atoms with van der Waals surface area (Å²) in [4.78, 5) is 17.6. The van der Waals surface area contributed by atoms with Gasteiger partial charge in [0.1, 0.15) is 6.33 Å². The van der Waals surface area contributed by atoms with Crippen LogP contribution in [0.3, 0.4) is 0 Å². The summed E-state index contributed by atoms with van der Waals surface area (Å²) in [6, 6.07) is 0. The van der Waals surface area contributed by atoms with Crippen LogP contribution in [-0.4, -0.2) is 22.0 Å². The molecule has 0 aliphatic carbocycles. The van der Waals surface area contributed by atoms with Crippen molar-refractivity contribution in [3.63, 3.8) is 0 Å². The lowest BCUT2D eigenvalue weighted by Gasteiger charge is -2.14. The summed E-state index contributed by atoms with van der Waals surface area (Å²) < 4.78 is 4.51. The van der Waals surface area contributed by atoms with Crippen molar-refractivity contribution in [1.29, 1.82) is 0 Å². The number of nitrogens with zero attached hydrogens (tertiary/aromatic N) is 2. The van der Waals surface area contributed by atoms with E-state index in [1.807, 2.05) is 0 Å². The first-order valence-electron chi connectivity index (χ1n) is 3.42. The van der Waals surface area contributed by atoms with E-state index in [0.717, 1.165) is 0 Å². The molecule has 1 aromatic heterocycles. The lowest BCUT2D eigenvalue weighted by atomic mass is 10.2. The van der Waals surface area contributed by atoms with Gasteiger partial charge in [0.05, 0.1) is 5.25 Å². The Hall–Kier alpha value is -0.810. The molecule has 0 aromatic carbocycles. The van der Waals surface area contributed by atoms with Crippen molar-refractivity contribution in [2.45, 2.75) is 10.8 Å². The maximum absolute atomic E-state index is 9.98. The van der Waals surface area contributed by atoms with Crippen LogP contribution in [0.25, 0.3) is 0 Å². The summed E-state index contributed by atoms with van der Waals surface area (Å²) >= 11 is 9.83. The van der Waals surface area contributed by atoms with Crippen LogP contribution in [0.15, 0.2) is 18.7 Å². The molecule has 1 heterocycles. The van der Waals surface area contributed by atoms with Gasteiger partial charge in [-0.2, -0.15) is 12.6 Å². The highest BCUT2D eigenvalue weighted by Gasteiger charge is 2.18. The van der Waals surface area contributed by atoms with E-state index in [1.165, 1.54) is 6.33 Å². The van der Waals surface area contributed by atoms with Crippen LogP contribution in [0.4, 0.5) is 0 Å². The molecule has 0 bridgehead atoms. The zero-order chi connectivity index (χ0) is 9.68.